The molecule has 2 aromatic rings. The summed E-state index contributed by atoms with van der Waals surface area (Å²) in [7, 11) is 5.05. The van der Waals surface area contributed by atoms with Gasteiger partial charge in [0.05, 0.1) is 20.8 Å². The Bertz CT molecular complexity index is 765. The first kappa shape index (κ1) is 19.7. The average molecular weight is 360 g/mol. The topological polar surface area (TPSA) is 50.8 Å². The maximum atomic E-state index is 13.3. The van der Waals surface area contributed by atoms with E-state index in [1.807, 2.05) is 30.1 Å². The number of nitrogens with zero attached hydrogens (tertiary/aromatic N) is 1. The summed E-state index contributed by atoms with van der Waals surface area (Å²) < 4.78 is 24.0. The van der Waals surface area contributed by atoms with Crippen molar-refractivity contribution in [3.05, 3.63) is 58.9 Å². The molecular formula is C20H25FN2O3. The maximum Gasteiger partial charge on any atom is 0.234 e. The molecule has 6 heteroatoms. The van der Waals surface area contributed by atoms with Gasteiger partial charge in [0.25, 0.3) is 0 Å². The van der Waals surface area contributed by atoms with E-state index in [-0.39, 0.29) is 18.3 Å². The molecule has 0 fully saturated rings. The molecule has 0 radical (unpaired) electrons. The summed E-state index contributed by atoms with van der Waals surface area (Å²) in [5.41, 5.74) is 2.38. The van der Waals surface area contributed by atoms with E-state index in [1.54, 1.807) is 33.3 Å². The van der Waals surface area contributed by atoms with Gasteiger partial charge in [-0.15, -0.1) is 0 Å². The van der Waals surface area contributed by atoms with Crippen molar-refractivity contribution in [1.29, 1.82) is 0 Å². The lowest BCUT2D eigenvalue weighted by Gasteiger charge is -2.19. The summed E-state index contributed by atoms with van der Waals surface area (Å²) in [5.74, 6) is 0.988. The Labute approximate surface area is 153 Å². The van der Waals surface area contributed by atoms with Gasteiger partial charge in [0.1, 0.15) is 5.82 Å². The van der Waals surface area contributed by atoms with Crippen LogP contribution in [0.15, 0.2) is 36.4 Å². The number of halogens is 1. The summed E-state index contributed by atoms with van der Waals surface area (Å²) in [6.07, 6.45) is 0. The molecule has 0 bridgehead atoms. The van der Waals surface area contributed by atoms with E-state index in [9.17, 15) is 9.18 Å². The van der Waals surface area contributed by atoms with Gasteiger partial charge in [-0.1, -0.05) is 24.3 Å². The van der Waals surface area contributed by atoms with E-state index < -0.39 is 0 Å². The van der Waals surface area contributed by atoms with Gasteiger partial charge in [-0.05, 0) is 37.2 Å². The molecule has 0 saturated heterocycles. The van der Waals surface area contributed by atoms with Crippen LogP contribution in [0.5, 0.6) is 11.5 Å². The Morgan fingerprint density at radius 2 is 1.96 bits per heavy atom. The molecule has 26 heavy (non-hydrogen) atoms. The molecule has 2 rings (SSSR count). The van der Waals surface area contributed by atoms with Crippen LogP contribution in [0, 0.1) is 12.7 Å². The van der Waals surface area contributed by atoms with Gasteiger partial charge in [-0.3, -0.25) is 9.69 Å². The molecule has 1 amide bonds. The lowest BCUT2D eigenvalue weighted by molar-refractivity contribution is -0.122. The highest BCUT2D eigenvalue weighted by atomic mass is 19.1. The van der Waals surface area contributed by atoms with Crippen LogP contribution in [0.25, 0.3) is 0 Å². The van der Waals surface area contributed by atoms with Crippen molar-refractivity contribution in [2.24, 2.45) is 0 Å². The van der Waals surface area contributed by atoms with Crippen LogP contribution in [0.4, 0.5) is 4.39 Å². The Morgan fingerprint density at radius 1 is 1.19 bits per heavy atom. The third-order valence-corrected chi connectivity index (χ3v) is 4.05. The third-order valence-electron chi connectivity index (χ3n) is 4.05. The predicted molar refractivity (Wildman–Crippen MR) is 98.9 cm³/mol. The lowest BCUT2D eigenvalue weighted by Crippen LogP contribution is -2.34. The van der Waals surface area contributed by atoms with Gasteiger partial charge in [-0.25, -0.2) is 4.39 Å². The third kappa shape index (κ3) is 5.20. The number of nitrogens with one attached hydrogen (secondary N) is 1. The lowest BCUT2D eigenvalue weighted by atomic mass is 10.1. The molecule has 2 aromatic carbocycles. The number of carbonyl (C=O) groups is 1. The van der Waals surface area contributed by atoms with Gasteiger partial charge in [-0.2, -0.15) is 0 Å². The van der Waals surface area contributed by atoms with Crippen molar-refractivity contribution in [2.75, 3.05) is 27.8 Å². The number of carbonyl (C=O) groups excluding carboxylic acids is 1. The van der Waals surface area contributed by atoms with Gasteiger partial charge >= 0.3 is 0 Å². The number of aryl methyl sites for hydroxylation is 1. The molecule has 0 atom stereocenters. The van der Waals surface area contributed by atoms with Crippen LogP contribution >= 0.6 is 0 Å². The SMILES string of the molecule is COc1cccc(CN(C)CC(=O)NCc2ccc(F)c(C)c2)c1OC. The van der Waals surface area contributed by atoms with Crippen LogP contribution in [-0.4, -0.2) is 38.6 Å². The van der Waals surface area contributed by atoms with Crippen LogP contribution < -0.4 is 14.8 Å². The van der Waals surface area contributed by atoms with Gasteiger partial charge in [0.15, 0.2) is 11.5 Å². The van der Waals surface area contributed by atoms with E-state index in [4.69, 9.17) is 9.47 Å². The number of para-hydroxylation sites is 1. The average Bonchev–Trinajstić information content (AvgIpc) is 2.62. The first-order valence-electron chi connectivity index (χ1n) is 8.34. The second-order valence-electron chi connectivity index (χ2n) is 6.19. The highest BCUT2D eigenvalue weighted by Gasteiger charge is 2.13. The zero-order valence-corrected chi connectivity index (χ0v) is 15.6. The fraction of sp³-hybridized carbons (Fsp3) is 0.350. The van der Waals surface area contributed by atoms with Crippen molar-refractivity contribution >= 4 is 5.91 Å². The number of hydrogen-bond acceptors (Lipinski definition) is 4. The number of benzene rings is 2. The first-order valence-corrected chi connectivity index (χ1v) is 8.34. The summed E-state index contributed by atoms with van der Waals surface area (Å²) in [5, 5.41) is 2.85. The smallest absolute Gasteiger partial charge is 0.234 e. The molecule has 1 N–H and O–H groups in total. The molecule has 0 aliphatic carbocycles. The summed E-state index contributed by atoms with van der Waals surface area (Å²) in [4.78, 5) is 14.1. The Balaban J connectivity index is 1.90. The van der Waals surface area contributed by atoms with Crippen LogP contribution in [0.1, 0.15) is 16.7 Å². The number of ether oxygens (including phenoxy) is 2. The number of hydrogen-bond donors (Lipinski definition) is 1. The van der Waals surface area contributed by atoms with Gasteiger partial charge < -0.3 is 14.8 Å². The Kier molecular flexibility index (Phi) is 6.97. The monoisotopic (exact) mass is 360 g/mol. The number of likely N-dealkylation sites (N-methyl/N-ethyl adjacent to an activating group) is 1. The minimum absolute atomic E-state index is 0.101. The zero-order chi connectivity index (χ0) is 19.1. The Hall–Kier alpha value is -2.60. The molecule has 0 heterocycles. The van der Waals surface area contributed by atoms with Gasteiger partial charge in [0, 0.05) is 18.7 Å². The zero-order valence-electron chi connectivity index (χ0n) is 15.6. The van der Waals surface area contributed by atoms with Crippen molar-refractivity contribution < 1.29 is 18.7 Å². The van der Waals surface area contributed by atoms with Crippen molar-refractivity contribution in [3.63, 3.8) is 0 Å². The predicted octanol–water partition coefficient (Wildman–Crippen LogP) is 2.90. The molecule has 0 unspecified atom stereocenters. The van der Waals surface area contributed by atoms with E-state index >= 15 is 0 Å². The van der Waals surface area contributed by atoms with E-state index in [1.165, 1.54) is 6.07 Å². The quantitative estimate of drug-likeness (QED) is 0.786. The number of methoxy groups -OCH3 is 2. The largest absolute Gasteiger partial charge is 0.493 e. The molecule has 0 aliphatic heterocycles. The van der Waals surface area contributed by atoms with Crippen molar-refractivity contribution in [2.45, 2.75) is 20.0 Å². The maximum absolute atomic E-state index is 13.3. The fourth-order valence-corrected chi connectivity index (χ4v) is 2.74. The molecular weight excluding hydrogens is 335 g/mol. The van der Waals surface area contributed by atoms with Crippen molar-refractivity contribution in [1.82, 2.24) is 10.2 Å². The second-order valence-corrected chi connectivity index (χ2v) is 6.19. The number of rotatable bonds is 8. The van der Waals surface area contributed by atoms with Crippen LogP contribution in [-0.2, 0) is 17.9 Å². The molecule has 0 aromatic heterocycles. The normalized spacial score (nSPS) is 10.7. The molecule has 0 spiro atoms. The van der Waals surface area contributed by atoms with Crippen LogP contribution in [0.2, 0.25) is 0 Å². The molecule has 0 aliphatic rings. The van der Waals surface area contributed by atoms with Crippen molar-refractivity contribution in [3.8, 4) is 11.5 Å². The van der Waals surface area contributed by atoms with E-state index in [0.717, 1.165) is 11.1 Å². The Morgan fingerprint density at radius 3 is 2.62 bits per heavy atom. The fourth-order valence-electron chi connectivity index (χ4n) is 2.74. The highest BCUT2D eigenvalue weighted by molar-refractivity contribution is 5.78. The molecule has 0 saturated carbocycles. The number of amides is 1. The second kappa shape index (κ2) is 9.20. The van der Waals surface area contributed by atoms with E-state index in [2.05, 4.69) is 5.32 Å². The van der Waals surface area contributed by atoms with E-state index in [0.29, 0.717) is 30.2 Å². The molecule has 140 valence electrons. The summed E-state index contributed by atoms with van der Waals surface area (Å²) in [6, 6.07) is 10.5. The molecule has 5 nitrogen and oxygen atoms in total. The summed E-state index contributed by atoms with van der Waals surface area (Å²) >= 11 is 0. The minimum atomic E-state index is -0.243. The van der Waals surface area contributed by atoms with Crippen LogP contribution in [0.3, 0.4) is 0 Å². The first-order chi connectivity index (χ1) is 12.4. The summed E-state index contributed by atoms with van der Waals surface area (Å²) in [6.45, 7) is 2.86. The standard InChI is InChI=1S/C20H25FN2O3/c1-14-10-15(8-9-17(14)21)11-22-19(24)13-23(2)12-16-6-5-7-18(25-3)20(16)26-4/h5-10H,11-13H2,1-4H3,(H,22,24). The highest BCUT2D eigenvalue weighted by Crippen LogP contribution is 2.31. The van der Waals surface area contributed by atoms with Gasteiger partial charge in [0.2, 0.25) is 5.91 Å². The minimum Gasteiger partial charge on any atom is -0.493 e.